The van der Waals surface area contributed by atoms with E-state index in [9.17, 15) is 4.79 Å². The average molecular weight is 310 g/mol. The van der Waals surface area contributed by atoms with Gasteiger partial charge in [0.05, 0.1) is 6.54 Å². The molecule has 0 unspecified atom stereocenters. The predicted molar refractivity (Wildman–Crippen MR) is 80.3 cm³/mol. The predicted octanol–water partition coefficient (Wildman–Crippen LogP) is 1.19. The minimum Gasteiger partial charge on any atom is -0.382 e. The SMILES string of the molecule is CCN(CC)c1nc(N)c(C(=O)NCc2noc(C)n2)s1. The van der Waals surface area contributed by atoms with E-state index in [2.05, 4.69) is 20.4 Å². The number of hydrogen-bond donors (Lipinski definition) is 2. The van der Waals surface area contributed by atoms with Crippen LogP contribution in [-0.2, 0) is 6.54 Å². The Morgan fingerprint density at radius 2 is 2.10 bits per heavy atom. The number of nitrogen functional groups attached to an aromatic ring is 1. The molecular weight excluding hydrogens is 292 g/mol. The van der Waals surface area contributed by atoms with Crippen molar-refractivity contribution < 1.29 is 9.32 Å². The maximum absolute atomic E-state index is 12.1. The molecule has 0 aliphatic rings. The molecule has 114 valence electrons. The van der Waals surface area contributed by atoms with Crippen LogP contribution in [0, 0.1) is 6.92 Å². The van der Waals surface area contributed by atoms with Crippen LogP contribution in [0.4, 0.5) is 10.9 Å². The summed E-state index contributed by atoms with van der Waals surface area (Å²) in [5.74, 6) is 0.836. The summed E-state index contributed by atoms with van der Waals surface area (Å²) in [6.45, 7) is 7.56. The van der Waals surface area contributed by atoms with Gasteiger partial charge in [-0.1, -0.05) is 16.5 Å². The number of hydrogen-bond acceptors (Lipinski definition) is 8. The van der Waals surface area contributed by atoms with E-state index in [-0.39, 0.29) is 18.3 Å². The van der Waals surface area contributed by atoms with Crippen molar-refractivity contribution in [3.8, 4) is 0 Å². The van der Waals surface area contributed by atoms with Crippen LogP contribution in [0.15, 0.2) is 4.52 Å². The number of carbonyl (C=O) groups is 1. The third-order valence-electron chi connectivity index (χ3n) is 2.86. The topological polar surface area (TPSA) is 110 Å². The molecule has 0 radical (unpaired) electrons. The standard InChI is InChI=1S/C12H18N6O2S/c1-4-18(5-2)12-16-10(13)9(21-12)11(19)14-6-8-15-7(3)20-17-8/h4-6,13H2,1-3H3,(H,14,19). The van der Waals surface area contributed by atoms with Crippen LogP contribution >= 0.6 is 11.3 Å². The number of rotatable bonds is 6. The Hall–Kier alpha value is -2.16. The van der Waals surface area contributed by atoms with Crippen LogP contribution in [0.3, 0.4) is 0 Å². The van der Waals surface area contributed by atoms with Crippen molar-refractivity contribution in [1.82, 2.24) is 20.4 Å². The van der Waals surface area contributed by atoms with Gasteiger partial charge in [-0.05, 0) is 13.8 Å². The van der Waals surface area contributed by atoms with Crippen molar-refractivity contribution >= 4 is 28.2 Å². The van der Waals surface area contributed by atoms with Crippen LogP contribution in [0.5, 0.6) is 0 Å². The fraction of sp³-hybridized carbons (Fsp3) is 0.500. The quantitative estimate of drug-likeness (QED) is 0.824. The average Bonchev–Trinajstić information content (AvgIpc) is 3.04. The number of nitrogens with one attached hydrogen (secondary N) is 1. The van der Waals surface area contributed by atoms with Crippen molar-refractivity contribution in [1.29, 1.82) is 0 Å². The molecule has 2 aromatic rings. The van der Waals surface area contributed by atoms with Gasteiger partial charge in [0.25, 0.3) is 5.91 Å². The first kappa shape index (κ1) is 15.2. The minimum atomic E-state index is -0.286. The first-order valence-corrected chi connectivity index (χ1v) is 7.45. The first-order chi connectivity index (χ1) is 10.0. The molecule has 21 heavy (non-hydrogen) atoms. The molecule has 0 saturated heterocycles. The Bertz CT molecular complexity index is 619. The molecule has 0 saturated carbocycles. The van der Waals surface area contributed by atoms with E-state index in [1.165, 1.54) is 11.3 Å². The summed E-state index contributed by atoms with van der Waals surface area (Å²) in [7, 11) is 0. The summed E-state index contributed by atoms with van der Waals surface area (Å²) >= 11 is 1.28. The normalized spacial score (nSPS) is 10.6. The lowest BCUT2D eigenvalue weighted by molar-refractivity contribution is 0.0954. The van der Waals surface area contributed by atoms with Crippen molar-refractivity contribution in [2.75, 3.05) is 23.7 Å². The second-order valence-corrected chi connectivity index (χ2v) is 5.27. The molecule has 0 aromatic carbocycles. The molecule has 2 heterocycles. The maximum atomic E-state index is 12.1. The fourth-order valence-corrected chi connectivity index (χ4v) is 2.79. The molecule has 0 spiro atoms. The van der Waals surface area contributed by atoms with Gasteiger partial charge < -0.3 is 20.5 Å². The third-order valence-corrected chi connectivity index (χ3v) is 3.99. The van der Waals surface area contributed by atoms with E-state index in [1.807, 2.05) is 18.7 Å². The zero-order valence-electron chi connectivity index (χ0n) is 12.2. The number of aromatic nitrogens is 3. The van der Waals surface area contributed by atoms with Gasteiger partial charge in [-0.2, -0.15) is 4.98 Å². The molecule has 0 atom stereocenters. The van der Waals surface area contributed by atoms with Gasteiger partial charge in [-0.3, -0.25) is 4.79 Å². The summed E-state index contributed by atoms with van der Waals surface area (Å²) in [5.41, 5.74) is 5.82. The summed E-state index contributed by atoms with van der Waals surface area (Å²) in [6.07, 6.45) is 0. The molecule has 1 amide bonds. The largest absolute Gasteiger partial charge is 0.382 e. The van der Waals surface area contributed by atoms with Gasteiger partial charge in [0, 0.05) is 20.0 Å². The molecule has 8 nitrogen and oxygen atoms in total. The lowest BCUT2D eigenvalue weighted by atomic mass is 10.4. The lowest BCUT2D eigenvalue weighted by Crippen LogP contribution is -2.23. The Morgan fingerprint density at radius 1 is 1.38 bits per heavy atom. The van der Waals surface area contributed by atoms with Crippen molar-refractivity contribution in [2.45, 2.75) is 27.3 Å². The van der Waals surface area contributed by atoms with Crippen molar-refractivity contribution in [3.05, 3.63) is 16.6 Å². The number of nitrogens with zero attached hydrogens (tertiary/aromatic N) is 4. The highest BCUT2D eigenvalue weighted by Gasteiger charge is 2.18. The lowest BCUT2D eigenvalue weighted by Gasteiger charge is -2.16. The molecule has 3 N–H and O–H groups in total. The zero-order valence-corrected chi connectivity index (χ0v) is 13.0. The Balaban J connectivity index is 2.05. The second kappa shape index (κ2) is 6.53. The zero-order chi connectivity index (χ0) is 15.4. The van der Waals surface area contributed by atoms with Gasteiger partial charge in [-0.25, -0.2) is 4.98 Å². The number of anilines is 2. The number of thiazole rings is 1. The Morgan fingerprint density at radius 3 is 2.67 bits per heavy atom. The molecule has 0 aliphatic carbocycles. The van der Waals surface area contributed by atoms with Gasteiger partial charge in [0.15, 0.2) is 11.0 Å². The van der Waals surface area contributed by atoms with Gasteiger partial charge in [0.1, 0.15) is 10.7 Å². The van der Waals surface area contributed by atoms with E-state index >= 15 is 0 Å². The highest BCUT2D eigenvalue weighted by Crippen LogP contribution is 2.27. The summed E-state index contributed by atoms with van der Waals surface area (Å²) in [6, 6.07) is 0. The van der Waals surface area contributed by atoms with Crippen LogP contribution in [0.1, 0.15) is 35.2 Å². The monoisotopic (exact) mass is 310 g/mol. The van der Waals surface area contributed by atoms with Crippen LogP contribution in [0.2, 0.25) is 0 Å². The van der Waals surface area contributed by atoms with Gasteiger partial charge in [0.2, 0.25) is 5.89 Å². The molecule has 2 aromatic heterocycles. The van der Waals surface area contributed by atoms with E-state index in [0.717, 1.165) is 18.2 Å². The molecule has 9 heteroatoms. The molecular formula is C12H18N6O2S. The minimum absolute atomic E-state index is 0.189. The smallest absolute Gasteiger partial charge is 0.265 e. The molecule has 0 fully saturated rings. The van der Waals surface area contributed by atoms with Crippen LogP contribution in [0.25, 0.3) is 0 Å². The number of amides is 1. The molecule has 0 aliphatic heterocycles. The Kier molecular flexibility index (Phi) is 4.73. The first-order valence-electron chi connectivity index (χ1n) is 6.63. The van der Waals surface area contributed by atoms with E-state index in [1.54, 1.807) is 6.92 Å². The summed E-state index contributed by atoms with van der Waals surface area (Å²) in [5, 5.41) is 7.17. The summed E-state index contributed by atoms with van der Waals surface area (Å²) in [4.78, 5) is 22.8. The van der Waals surface area contributed by atoms with E-state index < -0.39 is 0 Å². The number of carbonyl (C=O) groups excluding carboxylic acids is 1. The van der Waals surface area contributed by atoms with Crippen LogP contribution < -0.4 is 16.0 Å². The Labute approximate surface area is 126 Å². The third kappa shape index (κ3) is 3.48. The second-order valence-electron chi connectivity index (χ2n) is 4.30. The van der Waals surface area contributed by atoms with Crippen molar-refractivity contribution in [2.24, 2.45) is 0 Å². The van der Waals surface area contributed by atoms with Crippen LogP contribution in [-0.4, -0.2) is 34.1 Å². The van der Waals surface area contributed by atoms with E-state index in [4.69, 9.17) is 10.3 Å². The highest BCUT2D eigenvalue weighted by atomic mass is 32.1. The molecule has 0 bridgehead atoms. The maximum Gasteiger partial charge on any atom is 0.265 e. The van der Waals surface area contributed by atoms with Gasteiger partial charge in [-0.15, -0.1) is 0 Å². The van der Waals surface area contributed by atoms with E-state index in [0.29, 0.717) is 16.6 Å². The summed E-state index contributed by atoms with van der Waals surface area (Å²) < 4.78 is 4.84. The van der Waals surface area contributed by atoms with Gasteiger partial charge >= 0.3 is 0 Å². The van der Waals surface area contributed by atoms with Crippen molar-refractivity contribution in [3.63, 3.8) is 0 Å². The fourth-order valence-electron chi connectivity index (χ4n) is 1.76. The molecule has 2 rings (SSSR count). The number of aryl methyl sites for hydroxylation is 1. The highest BCUT2D eigenvalue weighted by molar-refractivity contribution is 7.18. The number of nitrogens with two attached hydrogens (primary N) is 1.